The van der Waals surface area contributed by atoms with E-state index < -0.39 is 0 Å². The number of anilines is 1. The lowest BCUT2D eigenvalue weighted by atomic mass is 10.2. The predicted octanol–water partition coefficient (Wildman–Crippen LogP) is 5.67. The fourth-order valence-corrected chi connectivity index (χ4v) is 4.73. The number of nitrogens with zero attached hydrogens (tertiary/aromatic N) is 3. The summed E-state index contributed by atoms with van der Waals surface area (Å²) in [5.41, 5.74) is 3.14. The van der Waals surface area contributed by atoms with Crippen LogP contribution in [0.25, 0.3) is 6.08 Å². The molecule has 28 heavy (non-hydrogen) atoms. The molecule has 2 fully saturated rings. The van der Waals surface area contributed by atoms with Gasteiger partial charge in [-0.3, -0.25) is 9.69 Å². The fraction of sp³-hybridized carbons (Fsp3) is 0.273. The van der Waals surface area contributed by atoms with E-state index >= 15 is 0 Å². The number of amidine groups is 1. The quantitative estimate of drug-likeness (QED) is 0.556. The minimum atomic E-state index is 0.0204. The van der Waals surface area contributed by atoms with Crippen molar-refractivity contribution in [1.82, 2.24) is 4.90 Å². The number of amides is 1. The van der Waals surface area contributed by atoms with E-state index in [1.54, 1.807) is 4.90 Å². The van der Waals surface area contributed by atoms with Gasteiger partial charge in [0, 0.05) is 29.8 Å². The van der Waals surface area contributed by atoms with Crippen molar-refractivity contribution in [3.8, 4) is 0 Å². The van der Waals surface area contributed by atoms with Crippen molar-refractivity contribution in [2.75, 3.05) is 24.5 Å². The molecule has 0 spiro atoms. The average molecular weight is 456 g/mol. The Balaban J connectivity index is 1.55. The predicted molar refractivity (Wildman–Crippen MR) is 122 cm³/mol. The third kappa shape index (κ3) is 4.18. The van der Waals surface area contributed by atoms with Crippen LogP contribution in [0.2, 0.25) is 0 Å². The SMILES string of the molecule is CCN1C(=O)/C(=C/c2ccc(N3CCCC3)cc2)SC1=Nc1ccc(Br)cc1. The maximum absolute atomic E-state index is 12.8. The van der Waals surface area contributed by atoms with E-state index in [1.165, 1.54) is 30.3 Å². The number of rotatable bonds is 4. The monoisotopic (exact) mass is 455 g/mol. The van der Waals surface area contributed by atoms with Gasteiger partial charge in [-0.15, -0.1) is 0 Å². The summed E-state index contributed by atoms with van der Waals surface area (Å²) in [6.45, 7) is 4.85. The molecular weight excluding hydrogens is 434 g/mol. The summed E-state index contributed by atoms with van der Waals surface area (Å²) >= 11 is 4.88. The third-order valence-corrected chi connectivity index (χ3v) is 6.45. The van der Waals surface area contributed by atoms with E-state index in [4.69, 9.17) is 0 Å². The Labute approximate surface area is 178 Å². The third-order valence-electron chi connectivity index (χ3n) is 4.92. The van der Waals surface area contributed by atoms with Crippen LogP contribution < -0.4 is 4.90 Å². The van der Waals surface area contributed by atoms with Gasteiger partial charge in [-0.2, -0.15) is 0 Å². The molecule has 144 valence electrons. The van der Waals surface area contributed by atoms with Crippen LogP contribution in [-0.2, 0) is 4.79 Å². The van der Waals surface area contributed by atoms with Crippen molar-refractivity contribution in [2.45, 2.75) is 19.8 Å². The summed E-state index contributed by atoms with van der Waals surface area (Å²) in [5, 5.41) is 0.731. The molecule has 0 aliphatic carbocycles. The smallest absolute Gasteiger partial charge is 0.266 e. The van der Waals surface area contributed by atoms with Gasteiger partial charge >= 0.3 is 0 Å². The molecule has 0 N–H and O–H groups in total. The van der Waals surface area contributed by atoms with Crippen molar-refractivity contribution in [1.29, 1.82) is 0 Å². The molecule has 4 rings (SSSR count). The zero-order chi connectivity index (χ0) is 19.5. The molecule has 1 amide bonds. The first-order valence-electron chi connectivity index (χ1n) is 9.55. The second-order valence-electron chi connectivity index (χ2n) is 6.82. The first-order chi connectivity index (χ1) is 13.6. The van der Waals surface area contributed by atoms with Crippen LogP contribution in [0.5, 0.6) is 0 Å². The van der Waals surface area contributed by atoms with Crippen molar-refractivity contribution >= 4 is 56.2 Å². The van der Waals surface area contributed by atoms with E-state index in [1.807, 2.05) is 37.3 Å². The Morgan fingerprint density at radius 2 is 1.75 bits per heavy atom. The number of halogens is 1. The molecule has 2 heterocycles. The molecule has 0 atom stereocenters. The van der Waals surface area contributed by atoms with E-state index in [-0.39, 0.29) is 5.91 Å². The molecule has 0 radical (unpaired) electrons. The van der Waals surface area contributed by atoms with Gasteiger partial charge in [0.25, 0.3) is 5.91 Å². The molecule has 2 saturated heterocycles. The molecule has 2 aromatic rings. The lowest BCUT2D eigenvalue weighted by Crippen LogP contribution is -2.28. The van der Waals surface area contributed by atoms with Gasteiger partial charge in [-0.1, -0.05) is 28.1 Å². The Hall–Kier alpha value is -2.05. The van der Waals surface area contributed by atoms with Crippen LogP contribution in [-0.4, -0.2) is 35.6 Å². The van der Waals surface area contributed by atoms with Crippen LogP contribution in [0.3, 0.4) is 0 Å². The molecule has 2 aliphatic heterocycles. The summed E-state index contributed by atoms with van der Waals surface area (Å²) in [4.78, 5) is 22.3. The maximum Gasteiger partial charge on any atom is 0.266 e. The van der Waals surface area contributed by atoms with Gasteiger partial charge in [0.1, 0.15) is 0 Å². The van der Waals surface area contributed by atoms with Crippen LogP contribution in [0.1, 0.15) is 25.3 Å². The van der Waals surface area contributed by atoms with Crippen LogP contribution in [0.15, 0.2) is 62.9 Å². The highest BCUT2D eigenvalue weighted by atomic mass is 79.9. The van der Waals surface area contributed by atoms with Crippen molar-refractivity contribution in [3.63, 3.8) is 0 Å². The van der Waals surface area contributed by atoms with Crippen LogP contribution in [0, 0.1) is 0 Å². The number of carbonyl (C=O) groups is 1. The van der Waals surface area contributed by atoms with Crippen LogP contribution in [0.4, 0.5) is 11.4 Å². The zero-order valence-electron chi connectivity index (χ0n) is 15.8. The lowest BCUT2D eigenvalue weighted by Gasteiger charge is -2.17. The molecule has 6 heteroatoms. The minimum absolute atomic E-state index is 0.0204. The molecule has 0 unspecified atom stereocenters. The van der Waals surface area contributed by atoms with Gasteiger partial charge in [0.15, 0.2) is 5.17 Å². The Kier molecular flexibility index (Phi) is 5.87. The Bertz CT molecular complexity index is 916. The van der Waals surface area contributed by atoms with E-state index in [9.17, 15) is 4.79 Å². The van der Waals surface area contributed by atoms with E-state index in [2.05, 4.69) is 50.1 Å². The van der Waals surface area contributed by atoms with Crippen molar-refractivity contribution in [3.05, 3.63) is 63.5 Å². The number of thioether (sulfide) groups is 1. The van der Waals surface area contributed by atoms with Gasteiger partial charge in [0.2, 0.25) is 0 Å². The normalized spacial score (nSPS) is 20.0. The molecule has 2 aromatic carbocycles. The van der Waals surface area contributed by atoms with Crippen molar-refractivity contribution in [2.24, 2.45) is 4.99 Å². The maximum atomic E-state index is 12.8. The van der Waals surface area contributed by atoms with Crippen molar-refractivity contribution < 1.29 is 4.79 Å². The number of likely N-dealkylation sites (N-methyl/N-ethyl adjacent to an activating group) is 1. The molecule has 0 aromatic heterocycles. The molecule has 4 nitrogen and oxygen atoms in total. The van der Waals surface area contributed by atoms with Gasteiger partial charge in [0.05, 0.1) is 10.6 Å². The summed E-state index contributed by atoms with van der Waals surface area (Å²) in [5.74, 6) is 0.0204. The first-order valence-corrected chi connectivity index (χ1v) is 11.2. The number of aliphatic imine (C=N–C) groups is 1. The standard InChI is InChI=1S/C22H22BrN3OS/c1-2-26-21(27)20(28-22(26)24-18-9-7-17(23)8-10-18)15-16-5-11-19(12-6-16)25-13-3-4-14-25/h5-12,15H,2-4,13-14H2,1H3/b20-15-,24-22?. The molecular formula is C22H22BrN3OS. The Morgan fingerprint density at radius 3 is 2.39 bits per heavy atom. The number of benzene rings is 2. The minimum Gasteiger partial charge on any atom is -0.372 e. The summed E-state index contributed by atoms with van der Waals surface area (Å²) in [6.07, 6.45) is 4.50. The fourth-order valence-electron chi connectivity index (χ4n) is 3.40. The molecule has 0 bridgehead atoms. The topological polar surface area (TPSA) is 35.9 Å². The Morgan fingerprint density at radius 1 is 1.07 bits per heavy atom. The first kappa shape index (κ1) is 19.3. The molecule has 2 aliphatic rings. The summed E-state index contributed by atoms with van der Waals surface area (Å²) in [7, 11) is 0. The number of hydrogen-bond acceptors (Lipinski definition) is 4. The molecule has 0 saturated carbocycles. The second kappa shape index (κ2) is 8.53. The highest BCUT2D eigenvalue weighted by Gasteiger charge is 2.32. The summed E-state index contributed by atoms with van der Waals surface area (Å²) < 4.78 is 1.01. The zero-order valence-corrected chi connectivity index (χ0v) is 18.2. The highest BCUT2D eigenvalue weighted by Crippen LogP contribution is 2.34. The lowest BCUT2D eigenvalue weighted by molar-refractivity contribution is -0.122. The number of hydrogen-bond donors (Lipinski definition) is 0. The van der Waals surface area contributed by atoms with Gasteiger partial charge in [-0.05, 0) is 79.6 Å². The van der Waals surface area contributed by atoms with Crippen LogP contribution >= 0.6 is 27.7 Å². The number of carbonyl (C=O) groups excluding carboxylic acids is 1. The average Bonchev–Trinajstić information content (AvgIpc) is 3.33. The van der Waals surface area contributed by atoms with Gasteiger partial charge in [-0.25, -0.2) is 4.99 Å². The summed E-state index contributed by atoms with van der Waals surface area (Å²) in [6, 6.07) is 16.3. The highest BCUT2D eigenvalue weighted by molar-refractivity contribution is 9.10. The van der Waals surface area contributed by atoms with Gasteiger partial charge < -0.3 is 4.90 Å². The second-order valence-corrected chi connectivity index (χ2v) is 8.74. The van der Waals surface area contributed by atoms with E-state index in [0.717, 1.165) is 34.0 Å². The largest absolute Gasteiger partial charge is 0.372 e. The van der Waals surface area contributed by atoms with E-state index in [0.29, 0.717) is 11.4 Å².